The summed E-state index contributed by atoms with van der Waals surface area (Å²) in [7, 11) is -8.25. The van der Waals surface area contributed by atoms with Crippen LogP contribution in [0.15, 0.2) is 0 Å². The normalized spacial score (nSPS) is 10.9. The van der Waals surface area contributed by atoms with Gasteiger partial charge in [0.15, 0.2) is 0 Å². The molecule has 0 unspecified atom stereocenters. The van der Waals surface area contributed by atoms with E-state index in [4.69, 9.17) is 19.6 Å². The van der Waals surface area contributed by atoms with E-state index in [0.717, 1.165) is 0 Å². The fourth-order valence-corrected chi connectivity index (χ4v) is 1.41. The van der Waals surface area contributed by atoms with Crippen LogP contribution in [0, 0.1) is 0 Å². The molecule has 0 radical (unpaired) electrons. The molecule has 0 saturated heterocycles. The number of hydrogen-bond donors (Lipinski definition) is 6. The number of hydrogen-bond acceptors (Lipinski definition) is 8. The topological polar surface area (TPSA) is 219 Å². The molecule has 0 aliphatic heterocycles. The minimum atomic E-state index is -4.12. The average Bonchev–Trinajstić information content (AvgIpc) is 2.12. The second-order valence-corrected chi connectivity index (χ2v) is 6.53. The smallest absolute Gasteiger partial charge is 0.549 e. The quantitative estimate of drug-likeness (QED) is 0.176. The Kier molecular flexibility index (Phi) is 15.4. The summed E-state index contributed by atoms with van der Waals surface area (Å²) in [5, 5.41) is 23.3. The summed E-state index contributed by atoms with van der Waals surface area (Å²) < 4.78 is 20.1. The molecule has 120 valence electrons. The third kappa shape index (κ3) is 33.0. The van der Waals surface area contributed by atoms with Gasteiger partial charge in [-0.1, -0.05) is 0 Å². The molecule has 0 aromatic rings. The molecule has 0 saturated carbocycles. The van der Waals surface area contributed by atoms with E-state index in [1.807, 2.05) is 10.6 Å². The van der Waals surface area contributed by atoms with E-state index in [2.05, 4.69) is 0 Å². The van der Waals surface area contributed by atoms with Crippen molar-refractivity contribution in [3.05, 3.63) is 0 Å². The first kappa shape index (κ1) is 25.9. The van der Waals surface area contributed by atoms with Crippen LogP contribution in [-0.4, -0.2) is 80.2 Å². The van der Waals surface area contributed by atoms with Crippen LogP contribution in [0.3, 0.4) is 0 Å². The molecule has 0 aliphatic rings. The fraction of sp³-hybridized carbons (Fsp3) is 0.667. The third-order valence-corrected chi connectivity index (χ3v) is 2.45. The van der Waals surface area contributed by atoms with Gasteiger partial charge in [-0.25, -0.2) is 0 Å². The van der Waals surface area contributed by atoms with E-state index in [1.54, 1.807) is 0 Å². The Morgan fingerprint density at radius 2 is 1.05 bits per heavy atom. The van der Waals surface area contributed by atoms with Crippen LogP contribution in [0.1, 0.15) is 0 Å². The molecule has 0 spiro atoms. The Hall–Kier alpha value is -0.0738. The molecule has 0 amide bonds. The average molecular weight is 360 g/mol. The van der Waals surface area contributed by atoms with Crippen molar-refractivity contribution in [3.8, 4) is 0 Å². The number of carbonyl (C=O) groups is 2. The maximum absolute atomic E-state index is 10.0. The molecule has 12 nitrogen and oxygen atoms in total. The molecular formula is C6H14MgN2O10P2. The van der Waals surface area contributed by atoms with Crippen LogP contribution in [0.25, 0.3) is 0 Å². The summed E-state index contributed by atoms with van der Waals surface area (Å²) in [5.41, 5.74) is 0. The Morgan fingerprint density at radius 1 is 0.810 bits per heavy atom. The Labute approximate surface area is 135 Å². The van der Waals surface area contributed by atoms with Crippen LogP contribution in [-0.2, 0) is 18.7 Å². The number of rotatable bonds is 8. The Morgan fingerprint density at radius 3 is 1.19 bits per heavy atom. The van der Waals surface area contributed by atoms with Gasteiger partial charge in [-0.3, -0.25) is 9.13 Å². The van der Waals surface area contributed by atoms with Crippen LogP contribution in [0.5, 0.6) is 0 Å². The van der Waals surface area contributed by atoms with Gasteiger partial charge in [-0.2, -0.15) is 0 Å². The third-order valence-electron chi connectivity index (χ3n) is 1.17. The molecule has 0 aliphatic carbocycles. The largest absolute Gasteiger partial charge is 2.00 e. The Balaban J connectivity index is -0.000000295. The molecule has 0 atom stereocenters. The van der Waals surface area contributed by atoms with Crippen molar-refractivity contribution in [1.82, 2.24) is 10.6 Å². The zero-order chi connectivity index (χ0) is 16.4. The summed E-state index contributed by atoms with van der Waals surface area (Å²) in [4.78, 5) is 52.0. The van der Waals surface area contributed by atoms with Crippen LogP contribution in [0.2, 0.25) is 0 Å². The zero-order valence-corrected chi connectivity index (χ0v) is 13.9. The Bertz CT molecular complexity index is 368. The number of aliphatic carboxylic acids is 2. The van der Waals surface area contributed by atoms with Gasteiger partial charge in [0.2, 0.25) is 0 Å². The molecule has 0 aromatic heterocycles. The van der Waals surface area contributed by atoms with Crippen molar-refractivity contribution in [2.24, 2.45) is 0 Å². The number of carboxylic acids is 2. The van der Waals surface area contributed by atoms with Crippen LogP contribution in [0.4, 0.5) is 0 Å². The molecular weight excluding hydrogens is 346 g/mol. The van der Waals surface area contributed by atoms with E-state index in [1.165, 1.54) is 0 Å². The van der Waals surface area contributed by atoms with Crippen LogP contribution < -0.4 is 20.8 Å². The molecule has 15 heteroatoms. The van der Waals surface area contributed by atoms with Crippen molar-refractivity contribution in [1.29, 1.82) is 0 Å². The minimum Gasteiger partial charge on any atom is -0.549 e. The first-order valence-electron chi connectivity index (χ1n) is 4.74. The van der Waals surface area contributed by atoms with Crippen molar-refractivity contribution in [2.75, 3.05) is 25.7 Å². The summed E-state index contributed by atoms with van der Waals surface area (Å²) in [6, 6.07) is 0. The molecule has 0 fully saturated rings. The number of nitrogens with one attached hydrogen (secondary N) is 2. The van der Waals surface area contributed by atoms with E-state index < -0.39 is 52.8 Å². The standard InChI is InChI=1S/2C3H8NO5P.Mg/c2*5-3(6)1-4-2-10(7,8)9;/h2*4H,1-2H2,(H,5,6)(H2,7,8,9);/q;;+2/p-2. The van der Waals surface area contributed by atoms with Crippen LogP contribution >= 0.6 is 15.2 Å². The summed E-state index contributed by atoms with van der Waals surface area (Å²) >= 11 is 0. The van der Waals surface area contributed by atoms with E-state index in [-0.39, 0.29) is 23.1 Å². The maximum atomic E-state index is 10.0. The maximum Gasteiger partial charge on any atom is 2.00 e. The van der Waals surface area contributed by atoms with Crippen molar-refractivity contribution in [2.45, 2.75) is 0 Å². The van der Waals surface area contributed by atoms with Gasteiger partial charge in [0, 0.05) is 13.1 Å². The first-order valence-corrected chi connectivity index (χ1v) is 8.33. The molecule has 0 rings (SSSR count). The summed E-state index contributed by atoms with van der Waals surface area (Å²) in [6.45, 7) is -1.10. The van der Waals surface area contributed by atoms with Gasteiger partial charge < -0.3 is 50.0 Å². The van der Waals surface area contributed by atoms with Gasteiger partial charge >= 0.3 is 38.2 Å². The summed E-state index contributed by atoms with van der Waals surface area (Å²) in [5.74, 6) is -2.79. The second kappa shape index (κ2) is 12.5. The van der Waals surface area contributed by atoms with Gasteiger partial charge in [0.1, 0.15) is 0 Å². The SMILES string of the molecule is O=C([O-])CNCP(=O)(O)O.O=C([O-])CNCP(=O)(O)O.[Mg+2]. The van der Waals surface area contributed by atoms with E-state index in [9.17, 15) is 28.9 Å². The second-order valence-electron chi connectivity index (χ2n) is 3.24. The molecule has 0 heterocycles. The zero-order valence-electron chi connectivity index (χ0n) is 10.7. The van der Waals surface area contributed by atoms with Crippen molar-refractivity contribution in [3.63, 3.8) is 0 Å². The predicted octanol–water partition coefficient (Wildman–Crippen LogP) is -5.46. The fourth-order valence-electron chi connectivity index (χ4n) is 0.607. The molecule has 21 heavy (non-hydrogen) atoms. The van der Waals surface area contributed by atoms with Gasteiger partial charge in [-0.15, -0.1) is 0 Å². The van der Waals surface area contributed by atoms with Crippen molar-refractivity contribution < 1.29 is 48.5 Å². The minimum absolute atomic E-state index is 0. The van der Waals surface area contributed by atoms with E-state index in [0.29, 0.717) is 0 Å². The number of carbonyl (C=O) groups excluding carboxylic acids is 2. The monoisotopic (exact) mass is 360 g/mol. The summed E-state index contributed by atoms with van der Waals surface area (Å²) in [6.07, 6.45) is -1.28. The molecule has 0 bridgehead atoms. The van der Waals surface area contributed by atoms with E-state index >= 15 is 0 Å². The molecule has 0 aromatic carbocycles. The molecule has 6 N–H and O–H groups in total. The van der Waals surface area contributed by atoms with Crippen molar-refractivity contribution >= 4 is 50.2 Å². The first-order chi connectivity index (χ1) is 8.83. The van der Waals surface area contributed by atoms with Gasteiger partial charge in [-0.05, 0) is 0 Å². The number of carboxylic acid groups (broad SMARTS) is 2. The van der Waals surface area contributed by atoms with Gasteiger partial charge in [0.05, 0.1) is 24.5 Å². The van der Waals surface area contributed by atoms with Gasteiger partial charge in [0.25, 0.3) is 0 Å². The predicted molar refractivity (Wildman–Crippen MR) is 65.6 cm³/mol.